The summed E-state index contributed by atoms with van der Waals surface area (Å²) < 4.78 is 0. The van der Waals surface area contributed by atoms with Gasteiger partial charge in [0.15, 0.2) is 0 Å². The molecule has 1 fully saturated rings. The highest BCUT2D eigenvalue weighted by Crippen LogP contribution is 2.19. The van der Waals surface area contributed by atoms with Crippen LogP contribution in [0.3, 0.4) is 0 Å². The normalized spacial score (nSPS) is 19.9. The van der Waals surface area contributed by atoms with Crippen LogP contribution >= 0.6 is 11.8 Å². The van der Waals surface area contributed by atoms with Gasteiger partial charge in [-0.2, -0.15) is 0 Å². The molecule has 0 bridgehead atoms. The minimum atomic E-state index is 0.0671. The molecule has 0 unspecified atom stereocenters. The molecule has 1 amide bonds. The summed E-state index contributed by atoms with van der Waals surface area (Å²) in [5.74, 6) is 0.252. The van der Waals surface area contributed by atoms with Crippen molar-refractivity contribution in [2.24, 2.45) is 0 Å². The van der Waals surface area contributed by atoms with Crippen molar-refractivity contribution in [3.63, 3.8) is 0 Å². The van der Waals surface area contributed by atoms with Gasteiger partial charge in [0.2, 0.25) is 5.91 Å². The van der Waals surface area contributed by atoms with Crippen LogP contribution < -0.4 is 0 Å². The molecule has 1 heterocycles. The first kappa shape index (κ1) is 15.4. The average Bonchev–Trinajstić information content (AvgIpc) is 2.47. The Bertz CT molecular complexity index is 464. The minimum Gasteiger partial charge on any atom is -0.340 e. The summed E-state index contributed by atoms with van der Waals surface area (Å²) >= 11 is 1.74. The molecular formula is C16H24N2OS. The van der Waals surface area contributed by atoms with E-state index in [9.17, 15) is 4.79 Å². The number of nitrogens with zero attached hydrogens (tertiary/aromatic N) is 2. The predicted molar refractivity (Wildman–Crippen MR) is 85.0 cm³/mol. The maximum Gasteiger partial charge on any atom is 0.239 e. The van der Waals surface area contributed by atoms with E-state index in [2.05, 4.69) is 42.5 Å². The van der Waals surface area contributed by atoms with Crippen molar-refractivity contribution >= 4 is 17.7 Å². The number of thioether (sulfide) groups is 1. The van der Waals surface area contributed by atoms with E-state index in [1.54, 1.807) is 11.8 Å². The third kappa shape index (κ3) is 3.76. The molecule has 1 aromatic carbocycles. The quantitative estimate of drug-likeness (QED) is 0.797. The molecule has 0 N–H and O–H groups in total. The standard InChI is InChI=1S/C16H24N2OS/c1-17-10-5-4-9-15(17)16(19)18(2)12-13-7-6-8-14(11-13)20-3/h6-8,11,15H,4-5,9-10,12H2,1-3H3/t15-/m1/s1. The van der Waals surface area contributed by atoms with Crippen LogP contribution in [0, 0.1) is 0 Å². The molecule has 0 saturated carbocycles. The molecule has 1 aliphatic rings. The molecule has 4 heteroatoms. The van der Waals surface area contributed by atoms with Crippen molar-refractivity contribution in [1.29, 1.82) is 0 Å². The zero-order valence-corrected chi connectivity index (χ0v) is 13.4. The summed E-state index contributed by atoms with van der Waals surface area (Å²) in [6.07, 6.45) is 5.44. The van der Waals surface area contributed by atoms with Crippen molar-refractivity contribution < 1.29 is 4.79 Å². The highest BCUT2D eigenvalue weighted by molar-refractivity contribution is 7.98. The number of likely N-dealkylation sites (tertiary alicyclic amines) is 1. The first-order valence-electron chi connectivity index (χ1n) is 7.20. The molecule has 1 aromatic rings. The molecule has 1 aliphatic heterocycles. The maximum atomic E-state index is 12.5. The van der Waals surface area contributed by atoms with Crippen LogP contribution in [-0.2, 0) is 11.3 Å². The first-order chi connectivity index (χ1) is 9.61. The Morgan fingerprint density at radius 3 is 2.95 bits per heavy atom. The summed E-state index contributed by atoms with van der Waals surface area (Å²) in [7, 11) is 3.97. The lowest BCUT2D eigenvalue weighted by molar-refractivity contribution is -0.136. The van der Waals surface area contributed by atoms with Crippen LogP contribution in [0.15, 0.2) is 29.2 Å². The molecule has 1 atom stereocenters. The van der Waals surface area contributed by atoms with E-state index in [0.717, 1.165) is 19.4 Å². The lowest BCUT2D eigenvalue weighted by atomic mass is 10.0. The Morgan fingerprint density at radius 2 is 2.25 bits per heavy atom. The van der Waals surface area contributed by atoms with Crippen molar-refractivity contribution in [2.45, 2.75) is 36.7 Å². The molecule has 1 saturated heterocycles. The maximum absolute atomic E-state index is 12.5. The van der Waals surface area contributed by atoms with Gasteiger partial charge in [0.1, 0.15) is 0 Å². The summed E-state index contributed by atoms with van der Waals surface area (Å²) in [6.45, 7) is 1.73. The van der Waals surface area contributed by atoms with Crippen molar-refractivity contribution in [3.05, 3.63) is 29.8 Å². The van der Waals surface area contributed by atoms with Gasteiger partial charge in [-0.3, -0.25) is 9.69 Å². The Kier molecular flexibility index (Phi) is 5.49. The molecule has 3 nitrogen and oxygen atoms in total. The van der Waals surface area contributed by atoms with Gasteiger partial charge in [0, 0.05) is 18.5 Å². The third-order valence-electron chi connectivity index (χ3n) is 3.99. The van der Waals surface area contributed by atoms with Gasteiger partial charge in [-0.15, -0.1) is 11.8 Å². The van der Waals surface area contributed by atoms with Gasteiger partial charge >= 0.3 is 0 Å². The van der Waals surface area contributed by atoms with Crippen LogP contribution in [0.1, 0.15) is 24.8 Å². The smallest absolute Gasteiger partial charge is 0.239 e. The minimum absolute atomic E-state index is 0.0671. The van der Waals surface area contributed by atoms with Gasteiger partial charge in [0.25, 0.3) is 0 Å². The van der Waals surface area contributed by atoms with E-state index >= 15 is 0 Å². The number of benzene rings is 1. The molecule has 110 valence electrons. The van der Waals surface area contributed by atoms with Crippen LogP contribution in [0.5, 0.6) is 0 Å². The highest BCUT2D eigenvalue weighted by atomic mass is 32.2. The number of piperidine rings is 1. The van der Waals surface area contributed by atoms with E-state index in [1.165, 1.54) is 16.9 Å². The van der Waals surface area contributed by atoms with Crippen molar-refractivity contribution in [3.8, 4) is 0 Å². The zero-order valence-electron chi connectivity index (χ0n) is 12.6. The van der Waals surface area contributed by atoms with E-state index < -0.39 is 0 Å². The number of carbonyl (C=O) groups excluding carboxylic acids is 1. The fourth-order valence-corrected chi connectivity index (χ4v) is 3.25. The second kappa shape index (κ2) is 7.14. The lowest BCUT2D eigenvalue weighted by Crippen LogP contribution is -2.47. The van der Waals surface area contributed by atoms with Crippen LogP contribution in [0.25, 0.3) is 0 Å². The number of likely N-dealkylation sites (N-methyl/N-ethyl adjacent to an activating group) is 2. The predicted octanol–water partition coefficient (Wildman–Crippen LogP) is 2.85. The Balaban J connectivity index is 1.99. The number of hydrogen-bond acceptors (Lipinski definition) is 3. The van der Waals surface area contributed by atoms with E-state index in [0.29, 0.717) is 6.54 Å². The third-order valence-corrected chi connectivity index (χ3v) is 4.71. The molecular weight excluding hydrogens is 268 g/mol. The van der Waals surface area contributed by atoms with Gasteiger partial charge in [-0.05, 0) is 50.4 Å². The van der Waals surface area contributed by atoms with E-state index in [1.807, 2.05) is 11.9 Å². The largest absolute Gasteiger partial charge is 0.340 e. The summed E-state index contributed by atoms with van der Waals surface area (Å²) in [6, 6.07) is 8.49. The summed E-state index contributed by atoms with van der Waals surface area (Å²) in [5.41, 5.74) is 1.20. The second-order valence-corrected chi connectivity index (χ2v) is 6.42. The van der Waals surface area contributed by atoms with Gasteiger partial charge in [0.05, 0.1) is 6.04 Å². The monoisotopic (exact) mass is 292 g/mol. The lowest BCUT2D eigenvalue weighted by Gasteiger charge is -2.34. The summed E-state index contributed by atoms with van der Waals surface area (Å²) in [5, 5.41) is 0. The molecule has 20 heavy (non-hydrogen) atoms. The van der Waals surface area contributed by atoms with Crippen molar-refractivity contribution in [1.82, 2.24) is 9.80 Å². The van der Waals surface area contributed by atoms with E-state index in [-0.39, 0.29) is 11.9 Å². The fourth-order valence-electron chi connectivity index (χ4n) is 2.76. The Hall–Kier alpha value is -1.00. The Morgan fingerprint density at radius 1 is 1.45 bits per heavy atom. The zero-order chi connectivity index (χ0) is 14.5. The fraction of sp³-hybridized carbons (Fsp3) is 0.562. The highest BCUT2D eigenvalue weighted by Gasteiger charge is 2.28. The van der Waals surface area contributed by atoms with Crippen LogP contribution in [-0.4, -0.2) is 48.6 Å². The summed E-state index contributed by atoms with van der Waals surface area (Å²) in [4.78, 5) is 17.9. The van der Waals surface area contributed by atoms with Crippen molar-refractivity contribution in [2.75, 3.05) is 26.9 Å². The van der Waals surface area contributed by atoms with Crippen LogP contribution in [0.2, 0.25) is 0 Å². The first-order valence-corrected chi connectivity index (χ1v) is 8.42. The number of hydrogen-bond donors (Lipinski definition) is 0. The molecule has 0 radical (unpaired) electrons. The molecule has 0 aliphatic carbocycles. The Labute approximate surface area is 126 Å². The number of amides is 1. The SMILES string of the molecule is CSc1cccc(CN(C)C(=O)[C@H]2CCCCN2C)c1. The topological polar surface area (TPSA) is 23.6 Å². The number of carbonyl (C=O) groups is 1. The van der Waals surface area contributed by atoms with Gasteiger partial charge < -0.3 is 4.90 Å². The molecule has 2 rings (SSSR count). The molecule has 0 aromatic heterocycles. The van der Waals surface area contributed by atoms with Crippen LogP contribution in [0.4, 0.5) is 0 Å². The average molecular weight is 292 g/mol. The van der Waals surface area contributed by atoms with Gasteiger partial charge in [-0.1, -0.05) is 18.6 Å². The number of rotatable bonds is 4. The second-order valence-electron chi connectivity index (χ2n) is 5.54. The molecule has 0 spiro atoms. The van der Waals surface area contributed by atoms with Gasteiger partial charge in [-0.25, -0.2) is 0 Å². The van der Waals surface area contributed by atoms with E-state index in [4.69, 9.17) is 0 Å².